The molecular formula is C94H58N6O. The molecule has 0 saturated heterocycles. The molecule has 0 bridgehead atoms. The van der Waals surface area contributed by atoms with Crippen molar-refractivity contribution in [1.82, 2.24) is 18.3 Å². The molecule has 0 radical (unpaired) electrons. The largest absolute Gasteiger partial charge is 0.458 e. The zero-order valence-corrected chi connectivity index (χ0v) is 54.6. The molecule has 4 aromatic heterocycles. The quantitative estimate of drug-likeness (QED) is 0.137. The summed E-state index contributed by atoms with van der Waals surface area (Å²) in [6.07, 6.45) is 2.38. The number of benzene rings is 14. The molecule has 101 heavy (non-hydrogen) atoms. The molecule has 1 aliphatic heterocycles. The minimum atomic E-state index is -0.573. The van der Waals surface area contributed by atoms with Crippen LogP contribution in [0.1, 0.15) is 22.7 Å². The second-order valence-electron chi connectivity index (χ2n) is 26.5. The van der Waals surface area contributed by atoms with Crippen molar-refractivity contribution in [3.63, 3.8) is 0 Å². The molecule has 0 N–H and O–H groups in total. The van der Waals surface area contributed by atoms with E-state index in [4.69, 9.17) is 4.74 Å². The Hall–Kier alpha value is -13.7. The maximum Gasteiger partial charge on any atom is 0.140 e. The average Bonchev–Trinajstić information content (AvgIpc) is 1.48. The van der Waals surface area contributed by atoms with E-state index >= 15 is 0 Å². The summed E-state index contributed by atoms with van der Waals surface area (Å²) in [5, 5.41) is 30.0. The second kappa shape index (κ2) is 23.0. The van der Waals surface area contributed by atoms with E-state index in [1.165, 1.54) is 0 Å². The molecule has 470 valence electrons. The number of para-hydroxylation sites is 4. The molecule has 0 spiro atoms. The Morgan fingerprint density at radius 3 is 1.06 bits per heavy atom. The molecule has 20 rings (SSSR count). The summed E-state index contributed by atoms with van der Waals surface area (Å²) < 4.78 is 18.6. The normalized spacial score (nSPS) is 14.6. The van der Waals surface area contributed by atoms with Crippen LogP contribution >= 0.6 is 0 Å². The Bertz CT molecular complexity index is 6650. The highest BCUT2D eigenvalue weighted by molar-refractivity contribution is 6.23. The highest BCUT2D eigenvalue weighted by atomic mass is 16.5. The van der Waals surface area contributed by atoms with Crippen molar-refractivity contribution in [2.45, 2.75) is 6.04 Å². The molecule has 0 amide bonds. The third-order valence-corrected chi connectivity index (χ3v) is 21.0. The van der Waals surface area contributed by atoms with E-state index in [0.29, 0.717) is 16.9 Å². The Morgan fingerprint density at radius 1 is 0.267 bits per heavy atom. The first-order valence-corrected chi connectivity index (χ1v) is 34.3. The van der Waals surface area contributed by atoms with Crippen LogP contribution in [0.3, 0.4) is 0 Å². The number of ether oxygens (including phenoxy) is 1. The highest BCUT2D eigenvalue weighted by Crippen LogP contribution is 2.59. The molecule has 2 unspecified atom stereocenters. The van der Waals surface area contributed by atoms with E-state index in [0.717, 1.165) is 171 Å². The van der Waals surface area contributed by atoms with Crippen LogP contribution in [0.5, 0.6) is 0 Å². The lowest BCUT2D eigenvalue weighted by Gasteiger charge is -2.38. The van der Waals surface area contributed by atoms with E-state index in [1.54, 1.807) is 6.07 Å². The van der Waals surface area contributed by atoms with Crippen LogP contribution in [0.25, 0.3) is 166 Å². The highest BCUT2D eigenvalue weighted by Gasteiger charge is 2.48. The molecule has 7 heteroatoms. The van der Waals surface area contributed by atoms with Gasteiger partial charge >= 0.3 is 0 Å². The van der Waals surface area contributed by atoms with Crippen LogP contribution in [0, 0.1) is 28.6 Å². The van der Waals surface area contributed by atoms with E-state index in [-0.39, 0.29) is 0 Å². The minimum absolute atomic E-state index is 0.403. The summed E-state index contributed by atoms with van der Waals surface area (Å²) in [5.74, 6) is 0.896. The van der Waals surface area contributed by atoms with Crippen molar-refractivity contribution in [3.05, 3.63) is 362 Å². The van der Waals surface area contributed by atoms with Crippen LogP contribution in [0.4, 0.5) is 0 Å². The molecule has 0 fully saturated rings. The monoisotopic (exact) mass is 1290 g/mol. The molecule has 1 aliphatic carbocycles. The fourth-order valence-corrected chi connectivity index (χ4v) is 16.6. The Kier molecular flexibility index (Phi) is 13.1. The lowest BCUT2D eigenvalue weighted by Crippen LogP contribution is -2.30. The first-order valence-electron chi connectivity index (χ1n) is 34.3. The van der Waals surface area contributed by atoms with Crippen LogP contribution in [0.15, 0.2) is 345 Å². The lowest BCUT2D eigenvalue weighted by atomic mass is 9.85. The summed E-state index contributed by atoms with van der Waals surface area (Å²) >= 11 is 0. The van der Waals surface area contributed by atoms with Crippen molar-refractivity contribution in [1.29, 1.82) is 10.5 Å². The van der Waals surface area contributed by atoms with E-state index < -0.39 is 12.0 Å². The molecule has 5 heterocycles. The maximum absolute atomic E-state index is 10.5. The molecule has 2 atom stereocenters. The zero-order valence-electron chi connectivity index (χ0n) is 54.6. The van der Waals surface area contributed by atoms with Crippen LogP contribution in [0.2, 0.25) is 0 Å². The summed E-state index contributed by atoms with van der Waals surface area (Å²) in [4.78, 5) is 0. The average molecular weight is 1290 g/mol. The number of allylic oxidation sites excluding steroid dienone is 4. The van der Waals surface area contributed by atoms with Gasteiger partial charge in [-0.25, -0.2) is 0 Å². The number of nitrogens with zero attached hydrogens (tertiary/aromatic N) is 6. The minimum Gasteiger partial charge on any atom is -0.458 e. The van der Waals surface area contributed by atoms with Gasteiger partial charge in [0, 0.05) is 59.7 Å². The van der Waals surface area contributed by atoms with Gasteiger partial charge in [0.2, 0.25) is 0 Å². The van der Waals surface area contributed by atoms with Gasteiger partial charge in [-0.05, 0) is 153 Å². The number of hydrogen-bond donors (Lipinski definition) is 0. The van der Waals surface area contributed by atoms with E-state index in [2.05, 4.69) is 346 Å². The number of fused-ring (bicyclic) bond motifs is 13. The fraction of sp³-hybridized carbons (Fsp3) is 0.0213. The van der Waals surface area contributed by atoms with Crippen molar-refractivity contribution in [2.24, 2.45) is 5.92 Å². The second-order valence-corrected chi connectivity index (χ2v) is 26.5. The predicted octanol–water partition coefficient (Wildman–Crippen LogP) is 23.8. The standard InChI is InChI=1S/C94H58N6O/c95-57-59-49-60(58-96)51-69(50-59)70-31-13-14-36-75(70)89-56-80-90(97-81-37-19-15-32-71(81)76-52-65(41-45-85(76)97)61-23-5-1-6-24-61)91(98-82-38-20-16-33-72(82)77-53-66(42-46-86(77)98)62-25-7-2-8-26-62)92(99-83-39-21-17-34-73(83)78-54-67(43-47-87(78)99)63-27-9-3-10-28-63)93(94(80)101-89)100-84-40-22-18-35-74(84)79-55-68(44-48-88(79)100)64-29-11-4-12-30-64/h1-56,80,90H. The first kappa shape index (κ1) is 57.5. The topological polar surface area (TPSA) is 76.5 Å². The van der Waals surface area contributed by atoms with Gasteiger partial charge in [-0.15, -0.1) is 0 Å². The number of nitriles is 2. The molecule has 7 nitrogen and oxygen atoms in total. The SMILES string of the molecule is N#Cc1cc(C#N)cc(-c2ccccc2C2=CC3C(=C(n4c5ccccc5c5cc(-c6ccccc6)ccc54)C(n4c5ccccc5c5cc(-c6ccccc6)ccc54)=C(n4c5ccccc5c5cc(-c6ccccc6)ccc54)C3n3c4ccccc4c4cc(-c5ccccc5)ccc43)O2)c1. The molecule has 18 aromatic rings. The van der Waals surface area contributed by atoms with Gasteiger partial charge in [-0.3, -0.25) is 0 Å². The first-order chi connectivity index (χ1) is 50.0. The summed E-state index contributed by atoms with van der Waals surface area (Å²) in [5.41, 5.74) is 23.5. The van der Waals surface area contributed by atoms with Crippen molar-refractivity contribution in [2.75, 3.05) is 0 Å². The van der Waals surface area contributed by atoms with Crippen LogP contribution in [-0.4, -0.2) is 18.3 Å². The summed E-state index contributed by atoms with van der Waals surface area (Å²) in [6.45, 7) is 0. The molecule has 14 aromatic carbocycles. The van der Waals surface area contributed by atoms with Gasteiger partial charge in [-0.1, -0.05) is 243 Å². The van der Waals surface area contributed by atoms with Gasteiger partial charge in [0.15, 0.2) is 0 Å². The summed E-state index contributed by atoms with van der Waals surface area (Å²) in [6, 6.07) is 124. The Labute approximate surface area is 582 Å². The van der Waals surface area contributed by atoms with Crippen molar-refractivity contribution < 1.29 is 4.74 Å². The fourth-order valence-electron chi connectivity index (χ4n) is 16.6. The summed E-state index contributed by atoms with van der Waals surface area (Å²) in [7, 11) is 0. The van der Waals surface area contributed by atoms with Gasteiger partial charge in [0.05, 0.1) is 79.7 Å². The van der Waals surface area contributed by atoms with Gasteiger partial charge < -0.3 is 23.0 Å². The van der Waals surface area contributed by atoms with Gasteiger partial charge in [0.1, 0.15) is 17.2 Å². The lowest BCUT2D eigenvalue weighted by molar-refractivity contribution is 0.342. The number of rotatable bonds is 10. The zero-order chi connectivity index (χ0) is 66.8. The Morgan fingerprint density at radius 2 is 0.604 bits per heavy atom. The van der Waals surface area contributed by atoms with Crippen molar-refractivity contribution in [3.8, 4) is 67.8 Å². The molecule has 2 aliphatic rings. The van der Waals surface area contributed by atoms with Crippen LogP contribution in [-0.2, 0) is 4.74 Å². The predicted molar refractivity (Wildman–Crippen MR) is 415 cm³/mol. The molecular weight excluding hydrogens is 1230 g/mol. The third kappa shape index (κ3) is 8.98. The van der Waals surface area contributed by atoms with Crippen molar-refractivity contribution >= 4 is 110 Å². The maximum atomic E-state index is 10.5. The Balaban J connectivity index is 1.01. The third-order valence-electron chi connectivity index (χ3n) is 21.0. The van der Waals surface area contributed by atoms with E-state index in [1.807, 2.05) is 18.2 Å². The van der Waals surface area contributed by atoms with Gasteiger partial charge in [0.25, 0.3) is 0 Å². The van der Waals surface area contributed by atoms with E-state index in [9.17, 15) is 10.5 Å². The number of aromatic nitrogens is 4. The number of hydrogen-bond acceptors (Lipinski definition) is 3. The molecule has 0 saturated carbocycles. The van der Waals surface area contributed by atoms with Crippen LogP contribution < -0.4 is 0 Å². The van der Waals surface area contributed by atoms with Gasteiger partial charge in [-0.2, -0.15) is 10.5 Å². The smallest absolute Gasteiger partial charge is 0.140 e.